The third-order valence-electron chi connectivity index (χ3n) is 5.72. The van der Waals surface area contributed by atoms with Gasteiger partial charge in [-0.3, -0.25) is 9.13 Å². The number of nitrogens with one attached hydrogen (secondary N) is 1. The van der Waals surface area contributed by atoms with Gasteiger partial charge in [0.25, 0.3) is 0 Å². The van der Waals surface area contributed by atoms with Crippen LogP contribution in [-0.4, -0.2) is 67.4 Å². The normalized spacial score (nSPS) is 16.9. The summed E-state index contributed by atoms with van der Waals surface area (Å²) in [5.41, 5.74) is 0.477. The van der Waals surface area contributed by atoms with E-state index in [4.69, 9.17) is 9.26 Å². The Bertz CT molecular complexity index is 846. The van der Waals surface area contributed by atoms with Gasteiger partial charge in [-0.05, 0) is 26.2 Å². The lowest BCUT2D eigenvalue weighted by Crippen LogP contribution is -2.33. The quantitative estimate of drug-likeness (QED) is 0.366. The Hall–Kier alpha value is -1.58. The van der Waals surface area contributed by atoms with Crippen molar-refractivity contribution in [3.63, 3.8) is 0 Å². The maximum absolute atomic E-state index is 12.6. The van der Waals surface area contributed by atoms with Crippen LogP contribution < -0.4 is 5.32 Å². The van der Waals surface area contributed by atoms with Crippen molar-refractivity contribution in [1.82, 2.24) is 19.5 Å². The number of rotatable bonds is 14. The van der Waals surface area contributed by atoms with Crippen molar-refractivity contribution < 1.29 is 24.0 Å². The van der Waals surface area contributed by atoms with Crippen LogP contribution in [0.5, 0.6) is 0 Å². The first-order valence-electron chi connectivity index (χ1n) is 10.8. The van der Waals surface area contributed by atoms with E-state index < -0.39 is 32.6 Å². The van der Waals surface area contributed by atoms with Crippen molar-refractivity contribution in [1.29, 1.82) is 0 Å². The highest BCUT2D eigenvalue weighted by Gasteiger charge is 2.30. The molecule has 31 heavy (non-hydrogen) atoms. The van der Waals surface area contributed by atoms with Gasteiger partial charge in [0.1, 0.15) is 17.9 Å². The largest absolute Gasteiger partial charge is 0.394 e. The second-order valence-electron chi connectivity index (χ2n) is 7.80. The van der Waals surface area contributed by atoms with Crippen LogP contribution in [0.4, 0.5) is 5.82 Å². The first kappa shape index (κ1) is 25.7. The number of aliphatic hydroxyl groups is 2. The van der Waals surface area contributed by atoms with Gasteiger partial charge in [-0.25, -0.2) is 15.0 Å². The molecule has 2 aromatic heterocycles. The van der Waals surface area contributed by atoms with Gasteiger partial charge in [-0.1, -0.05) is 20.8 Å². The Kier molecular flexibility index (Phi) is 9.84. The fourth-order valence-corrected chi connectivity index (χ4v) is 4.90. The lowest BCUT2D eigenvalue weighted by Gasteiger charge is -2.31. The summed E-state index contributed by atoms with van der Waals surface area (Å²) in [4.78, 5) is 12.7. The summed E-state index contributed by atoms with van der Waals surface area (Å²) in [6.07, 6.45) is 3.62. The SMILES string of the molecule is CCC(CC)[PH](=O)O[C@@](C)(CC)CCOC([C@H](O)CO)n1cnc2c(NC)ncnc21. The molecule has 0 fully saturated rings. The van der Waals surface area contributed by atoms with Crippen LogP contribution in [-0.2, 0) is 13.8 Å². The minimum Gasteiger partial charge on any atom is -0.394 e. The van der Waals surface area contributed by atoms with Crippen LogP contribution in [0.15, 0.2) is 12.7 Å². The molecule has 10 nitrogen and oxygen atoms in total. The molecule has 2 rings (SSSR count). The molecule has 0 saturated heterocycles. The molecule has 11 heteroatoms. The average molecular weight is 458 g/mol. The molecule has 0 bridgehead atoms. The third-order valence-corrected chi connectivity index (χ3v) is 7.90. The second-order valence-corrected chi connectivity index (χ2v) is 9.45. The van der Waals surface area contributed by atoms with Crippen LogP contribution in [0, 0.1) is 0 Å². The molecule has 0 saturated carbocycles. The highest BCUT2D eigenvalue weighted by molar-refractivity contribution is 7.40. The molecule has 0 aliphatic carbocycles. The van der Waals surface area contributed by atoms with Gasteiger partial charge in [0, 0.05) is 19.1 Å². The predicted molar refractivity (Wildman–Crippen MR) is 121 cm³/mol. The van der Waals surface area contributed by atoms with Crippen molar-refractivity contribution >= 4 is 25.0 Å². The minimum atomic E-state index is -2.18. The molecule has 0 radical (unpaired) electrons. The van der Waals surface area contributed by atoms with Crippen molar-refractivity contribution in [3.8, 4) is 0 Å². The smallest absolute Gasteiger partial charge is 0.195 e. The number of hydrogen-bond acceptors (Lipinski definition) is 9. The zero-order valence-corrected chi connectivity index (χ0v) is 20.0. The highest BCUT2D eigenvalue weighted by Crippen LogP contribution is 2.41. The zero-order valence-electron chi connectivity index (χ0n) is 19.0. The number of anilines is 1. The van der Waals surface area contributed by atoms with Gasteiger partial charge < -0.3 is 24.8 Å². The number of ether oxygens (including phenoxy) is 1. The Morgan fingerprint density at radius 1 is 1.26 bits per heavy atom. The van der Waals surface area contributed by atoms with Gasteiger partial charge in [-0.2, -0.15) is 0 Å². The number of hydrogen-bond donors (Lipinski definition) is 3. The molecule has 0 aliphatic heterocycles. The van der Waals surface area contributed by atoms with Crippen molar-refractivity contribution in [2.75, 3.05) is 25.6 Å². The van der Waals surface area contributed by atoms with Crippen molar-refractivity contribution in [3.05, 3.63) is 12.7 Å². The first-order valence-corrected chi connectivity index (χ1v) is 12.2. The number of imidazole rings is 1. The Balaban J connectivity index is 2.15. The zero-order chi connectivity index (χ0) is 23.0. The summed E-state index contributed by atoms with van der Waals surface area (Å²) in [5.74, 6) is 0.555. The van der Waals surface area contributed by atoms with Crippen molar-refractivity contribution in [2.45, 2.75) is 77.0 Å². The van der Waals surface area contributed by atoms with E-state index in [1.54, 1.807) is 11.6 Å². The molecule has 0 amide bonds. The fraction of sp³-hybridized carbons (Fsp3) is 0.750. The van der Waals surface area contributed by atoms with Crippen molar-refractivity contribution in [2.24, 2.45) is 0 Å². The molecule has 3 N–H and O–H groups in total. The van der Waals surface area contributed by atoms with Crippen LogP contribution in [0.3, 0.4) is 0 Å². The Labute approximate surface area is 184 Å². The lowest BCUT2D eigenvalue weighted by atomic mass is 10.0. The van der Waals surface area contributed by atoms with E-state index in [-0.39, 0.29) is 12.3 Å². The van der Waals surface area contributed by atoms with Gasteiger partial charge in [-0.15, -0.1) is 0 Å². The van der Waals surface area contributed by atoms with Crippen LogP contribution in [0.1, 0.15) is 59.6 Å². The highest BCUT2D eigenvalue weighted by atomic mass is 31.1. The number of fused-ring (bicyclic) bond motifs is 1. The maximum Gasteiger partial charge on any atom is 0.195 e. The summed E-state index contributed by atoms with van der Waals surface area (Å²) in [6, 6.07) is 0. The molecule has 2 aromatic rings. The maximum atomic E-state index is 12.6. The van der Waals surface area contributed by atoms with Crippen LogP contribution in [0.25, 0.3) is 11.2 Å². The molecule has 4 atom stereocenters. The number of aromatic nitrogens is 4. The van der Waals surface area contributed by atoms with E-state index in [0.29, 0.717) is 29.8 Å². The third kappa shape index (κ3) is 6.23. The topological polar surface area (TPSA) is 132 Å². The molecular formula is C20H36N5O5P. The average Bonchev–Trinajstić information content (AvgIpc) is 3.21. The van der Waals surface area contributed by atoms with E-state index in [0.717, 1.165) is 12.8 Å². The summed E-state index contributed by atoms with van der Waals surface area (Å²) in [6.45, 7) is 7.70. The van der Waals surface area contributed by atoms with Gasteiger partial charge in [0.15, 0.2) is 25.7 Å². The van der Waals surface area contributed by atoms with Gasteiger partial charge >= 0.3 is 0 Å². The predicted octanol–water partition coefficient (Wildman–Crippen LogP) is 2.98. The van der Waals surface area contributed by atoms with E-state index in [1.807, 2.05) is 27.7 Å². The first-order chi connectivity index (χ1) is 14.8. The fourth-order valence-electron chi connectivity index (χ4n) is 3.33. The summed E-state index contributed by atoms with van der Waals surface area (Å²) >= 11 is 0. The standard InChI is InChI=1S/C20H36N5O5P/c1-6-14(7-2)31(28)30-20(4,8-3)9-10-29-19(15(27)11-26)25-13-24-16-17(21-5)22-12-23-18(16)25/h12-15,19,26-27,31H,6-11H2,1-5H3,(H,21,22,23)/t15-,19?,20+/m1/s1. The number of nitrogens with zero attached hydrogens (tertiary/aromatic N) is 4. The molecule has 0 aliphatic rings. The monoisotopic (exact) mass is 457 g/mol. The second kappa shape index (κ2) is 11.9. The minimum absolute atomic E-state index is 0.0686. The Morgan fingerprint density at radius 3 is 2.55 bits per heavy atom. The summed E-state index contributed by atoms with van der Waals surface area (Å²) in [7, 11) is -0.450. The Morgan fingerprint density at radius 2 is 1.97 bits per heavy atom. The van der Waals surface area contributed by atoms with Gasteiger partial charge in [0.2, 0.25) is 0 Å². The van der Waals surface area contributed by atoms with Gasteiger partial charge in [0.05, 0.1) is 25.1 Å². The lowest BCUT2D eigenvalue weighted by molar-refractivity contribution is -0.105. The van der Waals surface area contributed by atoms with E-state index in [2.05, 4.69) is 20.3 Å². The summed E-state index contributed by atoms with van der Waals surface area (Å²) < 4.78 is 26.2. The van der Waals surface area contributed by atoms with E-state index in [1.165, 1.54) is 12.7 Å². The number of aliphatic hydroxyl groups excluding tert-OH is 2. The molecule has 2 heterocycles. The van der Waals surface area contributed by atoms with E-state index in [9.17, 15) is 14.8 Å². The van der Waals surface area contributed by atoms with Crippen LogP contribution in [0.2, 0.25) is 0 Å². The molecule has 2 unspecified atom stereocenters. The molecule has 0 spiro atoms. The van der Waals surface area contributed by atoms with Crippen LogP contribution >= 0.6 is 8.03 Å². The van der Waals surface area contributed by atoms with E-state index >= 15 is 0 Å². The molecule has 0 aromatic carbocycles. The molecule has 176 valence electrons. The molecular weight excluding hydrogens is 421 g/mol. The summed E-state index contributed by atoms with van der Waals surface area (Å²) in [5, 5.41) is 22.9.